The van der Waals surface area contributed by atoms with Crippen molar-refractivity contribution in [1.82, 2.24) is 10.6 Å². The molecule has 64 valence electrons. The zero-order valence-electron chi connectivity index (χ0n) is 6.63. The highest BCUT2D eigenvalue weighted by molar-refractivity contribution is 5.81. The fourth-order valence-electron chi connectivity index (χ4n) is 1.21. The van der Waals surface area contributed by atoms with Crippen LogP contribution in [0.15, 0.2) is 0 Å². The van der Waals surface area contributed by atoms with Crippen LogP contribution in [0.1, 0.15) is 12.8 Å². The molecule has 1 aliphatic rings. The summed E-state index contributed by atoms with van der Waals surface area (Å²) in [6.07, 6.45) is 1.02. The quantitative estimate of drug-likeness (QED) is 0.451. The highest BCUT2D eigenvalue weighted by atomic mass is 16.3. The van der Waals surface area contributed by atoms with E-state index in [0.717, 1.165) is 0 Å². The zero-order chi connectivity index (χ0) is 8.27. The molecule has 0 aromatic heterocycles. The van der Waals surface area contributed by atoms with E-state index in [1.807, 2.05) is 0 Å². The number of hydrogen-bond acceptors (Lipinski definition) is 3. The van der Waals surface area contributed by atoms with E-state index in [2.05, 4.69) is 10.6 Å². The topological polar surface area (TPSA) is 61.4 Å². The minimum atomic E-state index is -0.378. The first-order valence-electron chi connectivity index (χ1n) is 3.87. The number of rotatable bonds is 1. The standard InChI is InChI=1S/C7H14N2O2/c1-8-6-3-2-5(10)4-9-7(6)11/h5-6,8,10H,2-4H2,1H3,(H,9,11). The van der Waals surface area contributed by atoms with Crippen LogP contribution < -0.4 is 10.6 Å². The van der Waals surface area contributed by atoms with E-state index < -0.39 is 0 Å². The van der Waals surface area contributed by atoms with Gasteiger partial charge in [-0.2, -0.15) is 0 Å². The third-order valence-corrected chi connectivity index (χ3v) is 1.97. The van der Waals surface area contributed by atoms with Gasteiger partial charge in [0.15, 0.2) is 0 Å². The lowest BCUT2D eigenvalue weighted by molar-refractivity contribution is -0.122. The highest BCUT2D eigenvalue weighted by Crippen LogP contribution is 2.05. The van der Waals surface area contributed by atoms with Crippen molar-refractivity contribution < 1.29 is 9.90 Å². The number of aliphatic hydroxyl groups is 1. The van der Waals surface area contributed by atoms with Crippen LogP contribution in [0, 0.1) is 0 Å². The van der Waals surface area contributed by atoms with Gasteiger partial charge in [0, 0.05) is 6.54 Å². The molecule has 4 heteroatoms. The number of β-amino-alcohol motifs (C(OH)–C–C–N with tert-alkyl or cyclic N) is 1. The second kappa shape index (κ2) is 3.69. The maximum atomic E-state index is 11.1. The molecule has 1 amide bonds. The number of hydrogen-bond donors (Lipinski definition) is 3. The first-order chi connectivity index (χ1) is 5.24. The normalized spacial score (nSPS) is 32.7. The molecule has 1 aliphatic heterocycles. The van der Waals surface area contributed by atoms with Crippen molar-refractivity contribution in [2.24, 2.45) is 0 Å². The minimum Gasteiger partial charge on any atom is -0.391 e. The van der Waals surface area contributed by atoms with E-state index >= 15 is 0 Å². The molecule has 0 saturated carbocycles. The number of carbonyl (C=O) groups excluding carboxylic acids is 1. The largest absolute Gasteiger partial charge is 0.391 e. The van der Waals surface area contributed by atoms with Crippen molar-refractivity contribution >= 4 is 5.91 Å². The average molecular weight is 158 g/mol. The molecular weight excluding hydrogens is 144 g/mol. The maximum absolute atomic E-state index is 11.1. The van der Waals surface area contributed by atoms with Crippen LogP contribution in [0.2, 0.25) is 0 Å². The second-order valence-corrected chi connectivity index (χ2v) is 2.82. The van der Waals surface area contributed by atoms with Crippen molar-refractivity contribution in [3.8, 4) is 0 Å². The van der Waals surface area contributed by atoms with Crippen LogP contribution in [0.25, 0.3) is 0 Å². The van der Waals surface area contributed by atoms with Gasteiger partial charge >= 0.3 is 0 Å². The number of amides is 1. The Kier molecular flexibility index (Phi) is 2.84. The van der Waals surface area contributed by atoms with Crippen LogP contribution in [0.4, 0.5) is 0 Å². The van der Waals surface area contributed by atoms with E-state index in [9.17, 15) is 9.90 Å². The van der Waals surface area contributed by atoms with Crippen LogP contribution in [0.5, 0.6) is 0 Å². The van der Waals surface area contributed by atoms with Crippen molar-refractivity contribution in [3.05, 3.63) is 0 Å². The average Bonchev–Trinajstić information content (AvgIpc) is 2.15. The Morgan fingerprint density at radius 1 is 1.64 bits per heavy atom. The summed E-state index contributed by atoms with van der Waals surface area (Å²) in [7, 11) is 1.75. The molecule has 1 saturated heterocycles. The summed E-state index contributed by atoms with van der Waals surface area (Å²) in [4.78, 5) is 11.1. The molecule has 4 nitrogen and oxygen atoms in total. The van der Waals surface area contributed by atoms with E-state index in [4.69, 9.17) is 0 Å². The lowest BCUT2D eigenvalue weighted by Gasteiger charge is -2.09. The Hall–Kier alpha value is -0.610. The third kappa shape index (κ3) is 2.17. The summed E-state index contributed by atoms with van der Waals surface area (Å²) in [5.41, 5.74) is 0. The van der Waals surface area contributed by atoms with Gasteiger partial charge in [-0.25, -0.2) is 0 Å². The summed E-state index contributed by atoms with van der Waals surface area (Å²) in [6, 6.07) is -0.132. The van der Waals surface area contributed by atoms with Gasteiger partial charge in [0.25, 0.3) is 0 Å². The van der Waals surface area contributed by atoms with Crippen LogP contribution in [-0.2, 0) is 4.79 Å². The third-order valence-electron chi connectivity index (χ3n) is 1.97. The molecular formula is C7H14N2O2. The number of carbonyl (C=O) groups is 1. The van der Waals surface area contributed by atoms with Crippen LogP contribution in [0.3, 0.4) is 0 Å². The number of nitrogens with one attached hydrogen (secondary N) is 2. The maximum Gasteiger partial charge on any atom is 0.237 e. The Morgan fingerprint density at radius 2 is 2.36 bits per heavy atom. The second-order valence-electron chi connectivity index (χ2n) is 2.82. The van der Waals surface area contributed by atoms with Crippen LogP contribution in [-0.4, -0.2) is 36.8 Å². The molecule has 1 rings (SSSR count). The molecule has 0 aliphatic carbocycles. The van der Waals surface area contributed by atoms with Gasteiger partial charge in [0.2, 0.25) is 5.91 Å². The van der Waals surface area contributed by atoms with E-state index in [0.29, 0.717) is 19.4 Å². The van der Waals surface area contributed by atoms with Crippen molar-refractivity contribution in [1.29, 1.82) is 0 Å². The monoisotopic (exact) mass is 158 g/mol. The lowest BCUT2D eigenvalue weighted by atomic mass is 10.1. The molecule has 0 bridgehead atoms. The summed E-state index contributed by atoms with van der Waals surface area (Å²) in [5.74, 6) is -0.0101. The van der Waals surface area contributed by atoms with E-state index in [1.165, 1.54) is 0 Å². The molecule has 3 N–H and O–H groups in total. The van der Waals surface area contributed by atoms with Gasteiger partial charge in [-0.3, -0.25) is 4.79 Å². The fourth-order valence-corrected chi connectivity index (χ4v) is 1.21. The summed E-state index contributed by atoms with van der Waals surface area (Å²) in [5, 5.41) is 14.7. The smallest absolute Gasteiger partial charge is 0.237 e. The Morgan fingerprint density at radius 3 is 3.00 bits per heavy atom. The first kappa shape index (κ1) is 8.49. The molecule has 1 fully saturated rings. The molecule has 0 radical (unpaired) electrons. The predicted octanol–water partition coefficient (Wildman–Crippen LogP) is -1.15. The van der Waals surface area contributed by atoms with Crippen molar-refractivity contribution in [3.63, 3.8) is 0 Å². The highest BCUT2D eigenvalue weighted by Gasteiger charge is 2.21. The van der Waals surface area contributed by atoms with Gasteiger partial charge in [0.1, 0.15) is 0 Å². The summed E-state index contributed by atoms with van der Waals surface area (Å²) in [6.45, 7) is 0.386. The Balaban J connectivity index is 2.48. The minimum absolute atomic E-state index is 0.0101. The molecule has 11 heavy (non-hydrogen) atoms. The SMILES string of the molecule is CNC1CCC(O)CNC1=O. The zero-order valence-corrected chi connectivity index (χ0v) is 6.63. The number of likely N-dealkylation sites (N-methyl/N-ethyl adjacent to an activating group) is 1. The Labute approximate surface area is 66.0 Å². The predicted molar refractivity (Wildman–Crippen MR) is 41.1 cm³/mol. The number of aliphatic hydroxyl groups excluding tert-OH is 1. The van der Waals surface area contributed by atoms with Gasteiger partial charge in [0.05, 0.1) is 12.1 Å². The Bertz CT molecular complexity index is 149. The van der Waals surface area contributed by atoms with Gasteiger partial charge in [-0.15, -0.1) is 0 Å². The van der Waals surface area contributed by atoms with Crippen molar-refractivity contribution in [2.45, 2.75) is 25.0 Å². The lowest BCUT2D eigenvalue weighted by Crippen LogP contribution is -2.41. The molecule has 2 unspecified atom stereocenters. The van der Waals surface area contributed by atoms with E-state index in [1.54, 1.807) is 7.05 Å². The van der Waals surface area contributed by atoms with E-state index in [-0.39, 0.29) is 18.1 Å². The van der Waals surface area contributed by atoms with Crippen molar-refractivity contribution in [2.75, 3.05) is 13.6 Å². The fraction of sp³-hybridized carbons (Fsp3) is 0.857. The van der Waals surface area contributed by atoms with Gasteiger partial charge in [-0.1, -0.05) is 0 Å². The summed E-state index contributed by atoms with van der Waals surface area (Å²) >= 11 is 0. The molecule has 0 aromatic rings. The molecule has 2 atom stereocenters. The van der Waals surface area contributed by atoms with Crippen LogP contribution >= 0.6 is 0 Å². The van der Waals surface area contributed by atoms with Gasteiger partial charge in [-0.05, 0) is 19.9 Å². The molecule has 1 heterocycles. The summed E-state index contributed by atoms with van der Waals surface area (Å²) < 4.78 is 0. The first-order valence-corrected chi connectivity index (χ1v) is 3.87. The van der Waals surface area contributed by atoms with Gasteiger partial charge < -0.3 is 15.7 Å². The molecule has 0 spiro atoms. The molecule has 0 aromatic carbocycles.